The molecule has 2 rings (SSSR count). The van der Waals surface area contributed by atoms with Crippen molar-refractivity contribution < 1.29 is 13.9 Å². The maximum absolute atomic E-state index is 13.4. The van der Waals surface area contributed by atoms with Crippen LogP contribution in [0.5, 0.6) is 0 Å². The Morgan fingerprint density at radius 1 is 1.53 bits per heavy atom. The number of hydrogen-bond acceptors (Lipinski definition) is 2. The lowest BCUT2D eigenvalue weighted by atomic mass is 10.2. The highest BCUT2D eigenvalue weighted by Crippen LogP contribution is 2.18. The molecule has 1 saturated heterocycles. The average molecular weight is 274 g/mol. The van der Waals surface area contributed by atoms with Crippen molar-refractivity contribution in [2.75, 3.05) is 13.2 Å². The molecule has 0 saturated carbocycles. The molecule has 0 aliphatic carbocycles. The van der Waals surface area contributed by atoms with Gasteiger partial charge in [0.05, 0.1) is 13.1 Å². The van der Waals surface area contributed by atoms with Gasteiger partial charge in [-0.3, -0.25) is 0 Å². The van der Waals surface area contributed by atoms with Gasteiger partial charge in [-0.1, -0.05) is 22.0 Å². The molecule has 1 aromatic carbocycles. The second-order valence-corrected chi connectivity index (χ2v) is 4.19. The van der Waals surface area contributed by atoms with Crippen LogP contribution in [0.1, 0.15) is 5.56 Å². The summed E-state index contributed by atoms with van der Waals surface area (Å²) < 4.78 is 18.9. The van der Waals surface area contributed by atoms with Gasteiger partial charge in [-0.25, -0.2) is 9.18 Å². The largest absolute Gasteiger partial charge is 0.448 e. The van der Waals surface area contributed by atoms with Crippen molar-refractivity contribution in [3.8, 4) is 0 Å². The Morgan fingerprint density at radius 2 is 2.33 bits per heavy atom. The van der Waals surface area contributed by atoms with Crippen molar-refractivity contribution in [3.05, 3.63) is 34.1 Å². The number of hydrogen-bond donors (Lipinski definition) is 0. The summed E-state index contributed by atoms with van der Waals surface area (Å²) in [6.07, 6.45) is -0.377. The van der Waals surface area contributed by atoms with E-state index in [1.165, 1.54) is 11.0 Å². The minimum atomic E-state index is -0.377. The fraction of sp³-hybridized carbons (Fsp3) is 0.300. The van der Waals surface area contributed by atoms with Crippen molar-refractivity contribution in [2.24, 2.45) is 0 Å². The van der Waals surface area contributed by atoms with Crippen LogP contribution in [-0.4, -0.2) is 24.1 Å². The number of benzene rings is 1. The first-order chi connectivity index (χ1) is 7.16. The third-order valence-electron chi connectivity index (χ3n) is 2.22. The zero-order valence-corrected chi connectivity index (χ0v) is 9.46. The van der Waals surface area contributed by atoms with Gasteiger partial charge in [0.25, 0.3) is 0 Å². The van der Waals surface area contributed by atoms with E-state index in [-0.39, 0.29) is 18.5 Å². The Balaban J connectivity index is 2.13. The highest BCUT2D eigenvalue weighted by Gasteiger charge is 2.22. The van der Waals surface area contributed by atoms with Crippen LogP contribution in [0.15, 0.2) is 22.7 Å². The molecule has 0 bridgehead atoms. The molecular weight excluding hydrogens is 265 g/mol. The van der Waals surface area contributed by atoms with Crippen molar-refractivity contribution in [1.82, 2.24) is 4.90 Å². The third kappa shape index (κ3) is 2.28. The number of carbonyl (C=O) groups is 1. The Labute approximate surface area is 95.0 Å². The molecule has 3 nitrogen and oxygen atoms in total. The number of cyclic esters (lactones) is 1. The quantitative estimate of drug-likeness (QED) is 0.829. The first-order valence-electron chi connectivity index (χ1n) is 4.52. The Kier molecular flexibility index (Phi) is 2.90. The van der Waals surface area contributed by atoms with E-state index in [0.717, 1.165) is 0 Å². The van der Waals surface area contributed by atoms with E-state index in [4.69, 9.17) is 4.74 Å². The molecule has 0 atom stereocenters. The number of rotatable bonds is 2. The molecule has 15 heavy (non-hydrogen) atoms. The smallest absolute Gasteiger partial charge is 0.410 e. The van der Waals surface area contributed by atoms with Gasteiger partial charge in [-0.05, 0) is 12.1 Å². The van der Waals surface area contributed by atoms with Crippen LogP contribution in [0.2, 0.25) is 0 Å². The van der Waals surface area contributed by atoms with E-state index in [2.05, 4.69) is 15.9 Å². The molecule has 1 heterocycles. The summed E-state index contributed by atoms with van der Waals surface area (Å²) in [7, 11) is 0. The molecule has 0 radical (unpaired) electrons. The number of carbonyl (C=O) groups excluding carboxylic acids is 1. The van der Waals surface area contributed by atoms with E-state index < -0.39 is 0 Å². The minimum absolute atomic E-state index is 0.262. The molecule has 1 aromatic rings. The molecule has 1 fully saturated rings. The van der Waals surface area contributed by atoms with Gasteiger partial charge in [0.1, 0.15) is 12.4 Å². The van der Waals surface area contributed by atoms with Gasteiger partial charge < -0.3 is 9.64 Å². The summed E-state index contributed by atoms with van der Waals surface area (Å²) in [6.45, 7) is 1.17. The van der Waals surface area contributed by atoms with E-state index >= 15 is 0 Å². The fourth-order valence-electron chi connectivity index (χ4n) is 1.42. The van der Waals surface area contributed by atoms with Crippen LogP contribution in [0.3, 0.4) is 0 Å². The van der Waals surface area contributed by atoms with E-state index in [1.54, 1.807) is 12.1 Å². The summed E-state index contributed by atoms with van der Waals surface area (Å²) in [5.41, 5.74) is 0.497. The second-order valence-electron chi connectivity index (χ2n) is 3.27. The van der Waals surface area contributed by atoms with E-state index in [0.29, 0.717) is 23.2 Å². The molecule has 0 spiro atoms. The van der Waals surface area contributed by atoms with Gasteiger partial charge in [0.15, 0.2) is 0 Å². The van der Waals surface area contributed by atoms with Gasteiger partial charge >= 0.3 is 6.09 Å². The molecule has 0 unspecified atom stereocenters. The second kappa shape index (κ2) is 4.18. The van der Waals surface area contributed by atoms with Crippen molar-refractivity contribution in [1.29, 1.82) is 0 Å². The molecule has 0 N–H and O–H groups in total. The lowest BCUT2D eigenvalue weighted by Crippen LogP contribution is -2.24. The lowest BCUT2D eigenvalue weighted by molar-refractivity contribution is 0.157. The molecule has 5 heteroatoms. The molecule has 1 amide bonds. The zero-order valence-electron chi connectivity index (χ0n) is 7.87. The third-order valence-corrected chi connectivity index (χ3v) is 2.71. The van der Waals surface area contributed by atoms with Crippen LogP contribution in [0, 0.1) is 5.82 Å². The summed E-state index contributed by atoms with van der Waals surface area (Å²) in [4.78, 5) is 12.6. The Bertz CT molecular complexity index is 397. The molecule has 1 aliphatic heterocycles. The standard InChI is InChI=1S/C10H9BrFNO2/c11-8-2-1-7(9(12)5-8)6-13-3-4-15-10(13)14/h1-2,5H,3-4,6H2. The van der Waals surface area contributed by atoms with E-state index in [1.807, 2.05) is 0 Å². The van der Waals surface area contributed by atoms with Gasteiger partial charge in [0, 0.05) is 10.0 Å². The summed E-state index contributed by atoms with van der Waals surface area (Å²) >= 11 is 3.18. The Morgan fingerprint density at radius 3 is 2.93 bits per heavy atom. The predicted molar refractivity (Wildman–Crippen MR) is 55.9 cm³/mol. The number of nitrogens with zero attached hydrogens (tertiary/aromatic N) is 1. The number of ether oxygens (including phenoxy) is 1. The first kappa shape index (κ1) is 10.4. The van der Waals surface area contributed by atoms with Crippen LogP contribution >= 0.6 is 15.9 Å². The summed E-state index contributed by atoms with van der Waals surface area (Å²) in [6, 6.07) is 4.79. The predicted octanol–water partition coefficient (Wildman–Crippen LogP) is 2.54. The number of halogens is 2. The Hall–Kier alpha value is -1.10. The maximum Gasteiger partial charge on any atom is 0.410 e. The van der Waals surface area contributed by atoms with Gasteiger partial charge in [-0.15, -0.1) is 0 Å². The lowest BCUT2D eigenvalue weighted by Gasteiger charge is -2.12. The van der Waals surface area contributed by atoms with Crippen molar-refractivity contribution >= 4 is 22.0 Å². The van der Waals surface area contributed by atoms with Crippen LogP contribution in [-0.2, 0) is 11.3 Å². The normalized spacial score (nSPS) is 15.6. The summed E-state index contributed by atoms with van der Waals surface area (Å²) in [5.74, 6) is -0.316. The first-order valence-corrected chi connectivity index (χ1v) is 5.32. The minimum Gasteiger partial charge on any atom is -0.448 e. The monoisotopic (exact) mass is 273 g/mol. The van der Waals surface area contributed by atoms with Gasteiger partial charge in [0.2, 0.25) is 0 Å². The average Bonchev–Trinajstić information content (AvgIpc) is 2.57. The topological polar surface area (TPSA) is 29.5 Å². The molecular formula is C10H9BrFNO2. The van der Waals surface area contributed by atoms with Crippen LogP contribution in [0.4, 0.5) is 9.18 Å². The molecule has 80 valence electrons. The highest BCUT2D eigenvalue weighted by atomic mass is 79.9. The van der Waals surface area contributed by atoms with Crippen LogP contribution < -0.4 is 0 Å². The van der Waals surface area contributed by atoms with Gasteiger partial charge in [-0.2, -0.15) is 0 Å². The van der Waals surface area contributed by atoms with Crippen LogP contribution in [0.25, 0.3) is 0 Å². The fourth-order valence-corrected chi connectivity index (χ4v) is 1.76. The molecule has 1 aliphatic rings. The van der Waals surface area contributed by atoms with Crippen molar-refractivity contribution in [2.45, 2.75) is 6.54 Å². The summed E-state index contributed by atoms with van der Waals surface area (Å²) in [5, 5.41) is 0. The maximum atomic E-state index is 13.4. The zero-order chi connectivity index (χ0) is 10.8. The SMILES string of the molecule is O=C1OCCN1Cc1ccc(Br)cc1F. The highest BCUT2D eigenvalue weighted by molar-refractivity contribution is 9.10. The molecule has 0 aromatic heterocycles. The van der Waals surface area contributed by atoms with Crippen molar-refractivity contribution in [3.63, 3.8) is 0 Å². The number of amides is 1. The van der Waals surface area contributed by atoms with E-state index in [9.17, 15) is 9.18 Å².